The summed E-state index contributed by atoms with van der Waals surface area (Å²) in [6.07, 6.45) is 4.12. The molecule has 0 spiro atoms. The number of amides is 1. The molecule has 4 aromatic rings. The Morgan fingerprint density at radius 3 is 2.46 bits per heavy atom. The zero-order chi connectivity index (χ0) is 24.0. The number of carbonyl (C=O) groups excluding carboxylic acids is 1. The van der Waals surface area contributed by atoms with Crippen LogP contribution in [0, 0.1) is 6.92 Å². The maximum absolute atomic E-state index is 12.7. The zero-order valence-electron chi connectivity index (χ0n) is 19.9. The molecule has 176 valence electrons. The maximum atomic E-state index is 12.7. The summed E-state index contributed by atoms with van der Waals surface area (Å²) in [5.74, 6) is 0.480. The predicted molar refractivity (Wildman–Crippen MR) is 142 cm³/mol. The van der Waals surface area contributed by atoms with Crippen molar-refractivity contribution >= 4 is 28.6 Å². The van der Waals surface area contributed by atoms with E-state index in [-0.39, 0.29) is 5.91 Å². The second-order valence-corrected chi connectivity index (χ2v) is 8.91. The minimum Gasteiger partial charge on any atom is -0.488 e. The topological polar surface area (TPSA) is 53.9 Å². The zero-order valence-corrected chi connectivity index (χ0v) is 19.9. The summed E-state index contributed by atoms with van der Waals surface area (Å²) in [5.41, 5.74) is 7.56. The number of anilines is 1. The average Bonchev–Trinajstić information content (AvgIpc) is 3.44. The van der Waals surface area contributed by atoms with E-state index in [1.165, 1.54) is 18.4 Å². The van der Waals surface area contributed by atoms with Crippen molar-refractivity contribution in [3.8, 4) is 5.75 Å². The van der Waals surface area contributed by atoms with Gasteiger partial charge in [-0.3, -0.25) is 4.79 Å². The summed E-state index contributed by atoms with van der Waals surface area (Å²) in [6.45, 7) is 4.68. The van der Waals surface area contributed by atoms with Gasteiger partial charge in [-0.25, -0.2) is 5.43 Å². The first kappa shape index (κ1) is 22.7. The molecule has 5 heteroatoms. The molecule has 1 aliphatic heterocycles. The standard InChI is InChI=1S/C30H29N3O2/c1-22-8-10-23(11-9-22)21-35-29-17-14-24-6-2-3-7-27(24)28(29)20-31-32-30(34)25-12-15-26(16-13-25)33-18-4-5-19-33/h2-3,6-17,20H,4-5,18-19,21H2,1H3,(H,32,34)/b31-20-. The van der Waals surface area contributed by atoms with Gasteiger partial charge < -0.3 is 9.64 Å². The minimum absolute atomic E-state index is 0.239. The normalized spacial score (nSPS) is 13.5. The lowest BCUT2D eigenvalue weighted by molar-refractivity contribution is 0.0955. The molecule has 5 nitrogen and oxygen atoms in total. The molecule has 1 amide bonds. The third kappa shape index (κ3) is 5.35. The van der Waals surface area contributed by atoms with E-state index in [2.05, 4.69) is 52.7 Å². The van der Waals surface area contributed by atoms with Crippen LogP contribution in [0.2, 0.25) is 0 Å². The van der Waals surface area contributed by atoms with Crippen molar-refractivity contribution in [2.45, 2.75) is 26.4 Å². The van der Waals surface area contributed by atoms with Crippen LogP contribution in [-0.4, -0.2) is 25.2 Å². The summed E-state index contributed by atoms with van der Waals surface area (Å²) in [5, 5.41) is 6.38. The first-order valence-corrected chi connectivity index (χ1v) is 12.1. The second kappa shape index (κ2) is 10.4. The van der Waals surface area contributed by atoms with Crippen LogP contribution in [0.5, 0.6) is 5.75 Å². The molecular formula is C30H29N3O2. The van der Waals surface area contributed by atoms with Crippen LogP contribution in [-0.2, 0) is 6.61 Å². The van der Waals surface area contributed by atoms with Crippen LogP contribution < -0.4 is 15.1 Å². The highest BCUT2D eigenvalue weighted by molar-refractivity contribution is 6.03. The van der Waals surface area contributed by atoms with E-state index in [0.717, 1.165) is 46.4 Å². The fourth-order valence-corrected chi connectivity index (χ4v) is 4.40. The van der Waals surface area contributed by atoms with Crippen LogP contribution in [0.3, 0.4) is 0 Å². The van der Waals surface area contributed by atoms with Crippen molar-refractivity contribution < 1.29 is 9.53 Å². The number of carbonyl (C=O) groups is 1. The summed E-state index contributed by atoms with van der Waals surface area (Å²) < 4.78 is 6.17. The van der Waals surface area contributed by atoms with Crippen molar-refractivity contribution in [2.75, 3.05) is 18.0 Å². The first-order valence-electron chi connectivity index (χ1n) is 12.1. The number of hydrogen-bond acceptors (Lipinski definition) is 4. The number of nitrogens with zero attached hydrogens (tertiary/aromatic N) is 2. The number of fused-ring (bicyclic) bond motifs is 1. The van der Waals surface area contributed by atoms with Crippen LogP contribution in [0.15, 0.2) is 90.0 Å². The summed E-state index contributed by atoms with van der Waals surface area (Å²) in [6, 6.07) is 28.1. The monoisotopic (exact) mass is 463 g/mol. The molecule has 4 aromatic carbocycles. The molecule has 0 aliphatic carbocycles. The Labute approximate surface area is 206 Å². The van der Waals surface area contributed by atoms with Crippen molar-refractivity contribution in [2.24, 2.45) is 5.10 Å². The molecule has 1 aliphatic rings. The number of nitrogens with one attached hydrogen (secondary N) is 1. The number of hydrogen-bond donors (Lipinski definition) is 1. The molecule has 5 rings (SSSR count). The molecule has 1 fully saturated rings. The largest absolute Gasteiger partial charge is 0.488 e. The molecule has 0 bridgehead atoms. The summed E-state index contributed by atoms with van der Waals surface area (Å²) in [7, 11) is 0. The van der Waals surface area contributed by atoms with Crippen LogP contribution >= 0.6 is 0 Å². The van der Waals surface area contributed by atoms with Crippen molar-refractivity contribution in [1.29, 1.82) is 0 Å². The lowest BCUT2D eigenvalue weighted by atomic mass is 10.0. The van der Waals surface area contributed by atoms with E-state index < -0.39 is 0 Å². The lowest BCUT2D eigenvalue weighted by Gasteiger charge is -2.17. The van der Waals surface area contributed by atoms with Gasteiger partial charge >= 0.3 is 0 Å². The van der Waals surface area contributed by atoms with Crippen molar-refractivity contribution in [3.05, 3.63) is 107 Å². The Bertz CT molecular complexity index is 1340. The number of rotatable bonds is 7. The van der Waals surface area contributed by atoms with Gasteiger partial charge in [-0.15, -0.1) is 0 Å². The molecule has 1 heterocycles. The van der Waals surface area contributed by atoms with E-state index in [0.29, 0.717) is 12.2 Å². The molecule has 0 atom stereocenters. The van der Waals surface area contributed by atoms with Gasteiger partial charge in [0.15, 0.2) is 0 Å². The Morgan fingerprint density at radius 1 is 0.943 bits per heavy atom. The molecule has 35 heavy (non-hydrogen) atoms. The van der Waals surface area contributed by atoms with Gasteiger partial charge in [0.1, 0.15) is 12.4 Å². The molecule has 0 unspecified atom stereocenters. The number of benzene rings is 4. The molecule has 0 aromatic heterocycles. The van der Waals surface area contributed by atoms with Crippen LogP contribution in [0.25, 0.3) is 10.8 Å². The SMILES string of the molecule is Cc1ccc(COc2ccc3ccccc3c2/C=N\NC(=O)c2ccc(N3CCCC3)cc2)cc1. The highest BCUT2D eigenvalue weighted by atomic mass is 16.5. The average molecular weight is 464 g/mol. The Morgan fingerprint density at radius 2 is 1.69 bits per heavy atom. The number of aryl methyl sites for hydroxylation is 1. The molecule has 0 radical (unpaired) electrons. The van der Waals surface area contributed by atoms with Crippen LogP contribution in [0.1, 0.15) is 39.9 Å². The fraction of sp³-hybridized carbons (Fsp3) is 0.200. The molecular weight excluding hydrogens is 434 g/mol. The molecule has 1 N–H and O–H groups in total. The van der Waals surface area contributed by atoms with Gasteiger partial charge in [-0.05, 0) is 66.4 Å². The molecule has 1 saturated heterocycles. The second-order valence-electron chi connectivity index (χ2n) is 8.91. The fourth-order valence-electron chi connectivity index (χ4n) is 4.40. The van der Waals surface area contributed by atoms with Gasteiger partial charge in [0.05, 0.1) is 6.21 Å². The quantitative estimate of drug-likeness (QED) is 0.266. The van der Waals surface area contributed by atoms with E-state index in [1.807, 2.05) is 54.6 Å². The summed E-state index contributed by atoms with van der Waals surface area (Å²) in [4.78, 5) is 15.0. The number of ether oxygens (including phenoxy) is 1. The van der Waals surface area contributed by atoms with Gasteiger partial charge in [0.25, 0.3) is 5.91 Å². The van der Waals surface area contributed by atoms with E-state index in [4.69, 9.17) is 4.74 Å². The van der Waals surface area contributed by atoms with E-state index in [1.54, 1.807) is 6.21 Å². The van der Waals surface area contributed by atoms with Crippen LogP contribution in [0.4, 0.5) is 5.69 Å². The van der Waals surface area contributed by atoms with Gasteiger partial charge in [-0.2, -0.15) is 5.10 Å². The molecule has 0 saturated carbocycles. The third-order valence-electron chi connectivity index (χ3n) is 6.41. The van der Waals surface area contributed by atoms with Gasteiger partial charge in [-0.1, -0.05) is 60.2 Å². The van der Waals surface area contributed by atoms with Crippen molar-refractivity contribution in [3.63, 3.8) is 0 Å². The van der Waals surface area contributed by atoms with E-state index in [9.17, 15) is 4.79 Å². The Kier molecular flexibility index (Phi) is 6.75. The van der Waals surface area contributed by atoms with Gasteiger partial charge in [0, 0.05) is 29.9 Å². The highest BCUT2D eigenvalue weighted by Gasteiger charge is 2.13. The highest BCUT2D eigenvalue weighted by Crippen LogP contribution is 2.27. The maximum Gasteiger partial charge on any atom is 0.271 e. The van der Waals surface area contributed by atoms with Gasteiger partial charge in [0.2, 0.25) is 0 Å². The predicted octanol–water partition coefficient (Wildman–Crippen LogP) is 6.09. The lowest BCUT2D eigenvalue weighted by Crippen LogP contribution is -2.19. The third-order valence-corrected chi connectivity index (χ3v) is 6.41. The van der Waals surface area contributed by atoms with Crippen molar-refractivity contribution in [1.82, 2.24) is 5.43 Å². The Hall–Kier alpha value is -4.12. The van der Waals surface area contributed by atoms with E-state index >= 15 is 0 Å². The first-order chi connectivity index (χ1) is 17.2. The Balaban J connectivity index is 1.32. The minimum atomic E-state index is -0.239. The summed E-state index contributed by atoms with van der Waals surface area (Å²) >= 11 is 0. The smallest absolute Gasteiger partial charge is 0.271 e. The number of hydrazone groups is 1.